The fourth-order valence-electron chi connectivity index (χ4n) is 5.93. The highest BCUT2D eigenvalue weighted by molar-refractivity contribution is 6.31. The van der Waals surface area contributed by atoms with Gasteiger partial charge in [-0.15, -0.1) is 0 Å². The molecule has 42 heavy (non-hydrogen) atoms. The van der Waals surface area contributed by atoms with Crippen molar-refractivity contribution in [2.75, 3.05) is 17.3 Å². The van der Waals surface area contributed by atoms with E-state index in [2.05, 4.69) is 15.3 Å². The third-order valence-electron chi connectivity index (χ3n) is 7.58. The molecule has 2 aliphatic heterocycles. The Bertz CT molecular complexity index is 1780. The molecule has 0 radical (unpaired) electrons. The highest BCUT2D eigenvalue weighted by atomic mass is 35.5. The number of nitrogens with zero attached hydrogens (tertiary/aromatic N) is 5. The van der Waals surface area contributed by atoms with Crippen molar-refractivity contribution in [2.24, 2.45) is 0 Å². The summed E-state index contributed by atoms with van der Waals surface area (Å²) in [5.74, 6) is 0.535. The first-order valence-corrected chi connectivity index (χ1v) is 14.1. The largest absolute Gasteiger partial charge is 0.496 e. The zero-order valence-electron chi connectivity index (χ0n) is 24.4. The van der Waals surface area contributed by atoms with Gasteiger partial charge in [0.15, 0.2) is 11.2 Å². The van der Waals surface area contributed by atoms with Crippen molar-refractivity contribution in [1.29, 1.82) is 0 Å². The van der Waals surface area contributed by atoms with E-state index >= 15 is 0 Å². The number of rotatable bonds is 6. The highest BCUT2D eigenvalue weighted by Gasteiger charge is 2.64. The minimum absolute atomic E-state index is 0.0769. The van der Waals surface area contributed by atoms with Gasteiger partial charge in [0.2, 0.25) is 5.88 Å². The van der Waals surface area contributed by atoms with E-state index in [4.69, 9.17) is 26.1 Å². The molecule has 0 saturated heterocycles. The first kappa shape index (κ1) is 27.7. The van der Waals surface area contributed by atoms with Crippen molar-refractivity contribution in [3.63, 3.8) is 0 Å². The molecule has 6 rings (SSSR count). The molecule has 0 bridgehead atoms. The van der Waals surface area contributed by atoms with Crippen molar-refractivity contribution in [2.45, 2.75) is 59.2 Å². The molecule has 3 aromatic heterocycles. The van der Waals surface area contributed by atoms with Crippen LogP contribution >= 0.6 is 11.6 Å². The number of anilines is 2. The van der Waals surface area contributed by atoms with Gasteiger partial charge in [0, 0.05) is 35.8 Å². The summed E-state index contributed by atoms with van der Waals surface area (Å²) in [4.78, 5) is 44.2. The number of halogens is 1. The van der Waals surface area contributed by atoms with Crippen LogP contribution in [-0.4, -0.2) is 44.5 Å². The van der Waals surface area contributed by atoms with Gasteiger partial charge < -0.3 is 19.4 Å². The van der Waals surface area contributed by atoms with Gasteiger partial charge in [-0.3, -0.25) is 19.5 Å². The van der Waals surface area contributed by atoms with E-state index in [-0.39, 0.29) is 23.7 Å². The number of hydrogen-bond acceptors (Lipinski definition) is 7. The number of methoxy groups -OCH3 is 1. The molecule has 1 atom stereocenters. The Kier molecular flexibility index (Phi) is 6.49. The van der Waals surface area contributed by atoms with Crippen molar-refractivity contribution in [3.05, 3.63) is 76.0 Å². The summed E-state index contributed by atoms with van der Waals surface area (Å²) >= 11 is 6.39. The average molecular weight is 587 g/mol. The lowest BCUT2D eigenvalue weighted by Crippen LogP contribution is -2.51. The molecule has 0 fully saturated rings. The van der Waals surface area contributed by atoms with Gasteiger partial charge in [0.1, 0.15) is 11.6 Å². The Hall–Kier alpha value is -4.44. The Balaban J connectivity index is 1.68. The predicted octanol–water partition coefficient (Wildman–Crippen LogP) is 5.84. The van der Waals surface area contributed by atoms with Gasteiger partial charge in [-0.1, -0.05) is 23.7 Å². The van der Waals surface area contributed by atoms with Gasteiger partial charge >= 0.3 is 0 Å². The third-order valence-corrected chi connectivity index (χ3v) is 7.79. The number of hydrogen-bond donors (Lipinski definition) is 1. The van der Waals surface area contributed by atoms with Crippen LogP contribution < -0.4 is 19.7 Å². The molecule has 2 aliphatic rings. The first-order valence-electron chi connectivity index (χ1n) is 13.7. The number of imidazole rings is 1. The number of carbonyl (C=O) groups is 2. The maximum atomic E-state index is 14.5. The molecule has 10 nitrogen and oxygen atoms in total. The van der Waals surface area contributed by atoms with Crippen LogP contribution in [0.25, 0.3) is 11.4 Å². The molecular formula is C31H31ClN6O4. The number of fused-ring (bicyclic) bond motifs is 4. The molecule has 5 heterocycles. The number of aryl methyl sites for hydroxylation is 2. The van der Waals surface area contributed by atoms with Crippen molar-refractivity contribution in [3.8, 4) is 23.0 Å². The van der Waals surface area contributed by atoms with Gasteiger partial charge in [0.25, 0.3) is 11.8 Å². The number of ether oxygens (including phenoxy) is 2. The number of carbonyl (C=O) groups excluding carboxylic acids is 2. The zero-order chi connectivity index (χ0) is 30.1. The lowest BCUT2D eigenvalue weighted by Gasteiger charge is -2.36. The Morgan fingerprint density at radius 1 is 1.02 bits per heavy atom. The van der Waals surface area contributed by atoms with Crippen LogP contribution in [0.5, 0.6) is 11.6 Å². The molecule has 1 unspecified atom stereocenters. The monoisotopic (exact) mass is 586 g/mol. The lowest BCUT2D eigenvalue weighted by molar-refractivity contribution is -0.119. The Morgan fingerprint density at radius 2 is 1.79 bits per heavy atom. The quantitative estimate of drug-likeness (QED) is 0.302. The maximum absolute atomic E-state index is 14.5. The second-order valence-corrected chi connectivity index (χ2v) is 11.5. The van der Waals surface area contributed by atoms with E-state index < -0.39 is 11.4 Å². The molecule has 1 spiro atoms. The van der Waals surface area contributed by atoms with E-state index in [9.17, 15) is 9.59 Å². The van der Waals surface area contributed by atoms with Crippen LogP contribution in [0.3, 0.4) is 0 Å². The summed E-state index contributed by atoms with van der Waals surface area (Å²) in [6.45, 7) is 11.5. The van der Waals surface area contributed by atoms with Gasteiger partial charge in [-0.2, -0.15) is 0 Å². The number of aromatic nitrogens is 4. The van der Waals surface area contributed by atoms with E-state index in [0.717, 1.165) is 5.56 Å². The zero-order valence-corrected chi connectivity index (χ0v) is 25.2. The van der Waals surface area contributed by atoms with E-state index in [1.807, 2.05) is 57.4 Å². The first-order chi connectivity index (χ1) is 20.0. The topological polar surface area (TPSA) is 111 Å². The molecule has 0 aliphatic carbocycles. The van der Waals surface area contributed by atoms with Crippen LogP contribution in [0.4, 0.5) is 11.4 Å². The normalized spacial score (nSPS) is 17.3. The molecule has 216 valence electrons. The average Bonchev–Trinajstić information content (AvgIpc) is 3.53. The summed E-state index contributed by atoms with van der Waals surface area (Å²) in [5, 5.41) is 3.39. The molecule has 0 saturated carbocycles. The van der Waals surface area contributed by atoms with Crippen LogP contribution in [0.15, 0.2) is 42.7 Å². The molecular weight excluding hydrogens is 556 g/mol. The summed E-state index contributed by atoms with van der Waals surface area (Å²) in [6.07, 6.45) is 3.06. The highest BCUT2D eigenvalue weighted by Crippen LogP contribution is 2.55. The molecule has 4 aromatic rings. The van der Waals surface area contributed by atoms with E-state index in [0.29, 0.717) is 56.4 Å². The minimum Gasteiger partial charge on any atom is -0.496 e. The molecule has 1 N–H and O–H groups in total. The summed E-state index contributed by atoms with van der Waals surface area (Å²) in [5.41, 5.74) is 2.84. The minimum atomic E-state index is -1.57. The number of benzene rings is 1. The second kappa shape index (κ2) is 9.84. The van der Waals surface area contributed by atoms with Crippen LogP contribution in [0, 0.1) is 13.8 Å². The van der Waals surface area contributed by atoms with Gasteiger partial charge in [0.05, 0.1) is 40.9 Å². The SMILES string of the molecule is COc1cc(OC(C)C)ncc1-c1nc2c(n1C(C)C)C1(C(=O)Nc3cc(C)ccc31)N(c1cc(Cl)cnc1C)C2=O. The molecule has 2 amide bonds. The third kappa shape index (κ3) is 3.88. The van der Waals surface area contributed by atoms with Gasteiger partial charge in [-0.25, -0.2) is 9.97 Å². The maximum Gasteiger partial charge on any atom is 0.280 e. The number of nitrogens with one attached hydrogen (secondary N) is 1. The molecule has 11 heteroatoms. The van der Waals surface area contributed by atoms with Crippen LogP contribution in [0.1, 0.15) is 66.7 Å². The fourth-order valence-corrected chi connectivity index (χ4v) is 6.08. The standard InChI is InChI=1S/C31H31ClN6O4/c1-15(2)37-27-26(36-28(37)20-14-34-25(42-16(3)4)12-24(20)41-7)29(39)38(23-11-19(32)13-33-18(23)6)31(27)21-9-8-17(5)10-22(21)35-30(31)40/h8-16H,1-7H3,(H,35,40). The summed E-state index contributed by atoms with van der Waals surface area (Å²) in [7, 11) is 1.56. The Labute approximate surface area is 248 Å². The molecule has 1 aromatic carbocycles. The summed E-state index contributed by atoms with van der Waals surface area (Å²) < 4.78 is 13.4. The van der Waals surface area contributed by atoms with Crippen molar-refractivity contribution in [1.82, 2.24) is 19.5 Å². The van der Waals surface area contributed by atoms with Crippen LogP contribution in [-0.2, 0) is 10.3 Å². The number of pyridine rings is 2. The smallest absolute Gasteiger partial charge is 0.280 e. The van der Waals surface area contributed by atoms with Crippen molar-refractivity contribution >= 4 is 34.8 Å². The predicted molar refractivity (Wildman–Crippen MR) is 160 cm³/mol. The fraction of sp³-hybridized carbons (Fsp3) is 0.323. The summed E-state index contributed by atoms with van der Waals surface area (Å²) in [6, 6.07) is 8.88. The number of amides is 2. The van der Waals surface area contributed by atoms with Crippen molar-refractivity contribution < 1.29 is 19.1 Å². The lowest BCUT2D eigenvalue weighted by atomic mass is 9.86. The Morgan fingerprint density at radius 3 is 2.48 bits per heavy atom. The van der Waals surface area contributed by atoms with E-state index in [1.165, 1.54) is 11.1 Å². The second-order valence-electron chi connectivity index (χ2n) is 11.1. The van der Waals surface area contributed by atoms with Crippen LogP contribution in [0.2, 0.25) is 5.02 Å². The van der Waals surface area contributed by atoms with E-state index in [1.54, 1.807) is 32.4 Å². The van der Waals surface area contributed by atoms with Gasteiger partial charge in [-0.05, 0) is 59.2 Å².